The highest BCUT2D eigenvalue weighted by molar-refractivity contribution is 5.92. The van der Waals surface area contributed by atoms with Gasteiger partial charge in [-0.1, -0.05) is 0 Å². The minimum absolute atomic E-state index is 0.245. The first-order chi connectivity index (χ1) is 16.6. The summed E-state index contributed by atoms with van der Waals surface area (Å²) in [6.45, 7) is 3.11. The van der Waals surface area contributed by atoms with Crippen molar-refractivity contribution in [3.8, 4) is 11.3 Å². The number of pyridine rings is 2. The van der Waals surface area contributed by atoms with Crippen LogP contribution in [0.15, 0.2) is 41.6 Å². The standard InChI is InChI=1S/C23H22F3N7O2/c1-13-29-21-16(22(34)32(13)3)8-19(30-20(21)14-4-5-18(27-9-14)23(24,25)26)33-6-7-35-17(12-33)15-10-28-31(2)11-15/h4-5,8-11,17H,6-7,12H2,1-3H3/t17-/m0/s1. The van der Waals surface area contributed by atoms with Gasteiger partial charge in [0.15, 0.2) is 0 Å². The van der Waals surface area contributed by atoms with Crippen molar-refractivity contribution in [1.82, 2.24) is 29.3 Å². The molecule has 1 saturated heterocycles. The molecule has 0 amide bonds. The molecule has 35 heavy (non-hydrogen) atoms. The van der Waals surface area contributed by atoms with E-state index in [1.54, 1.807) is 30.9 Å². The number of nitrogens with zero attached hydrogens (tertiary/aromatic N) is 7. The van der Waals surface area contributed by atoms with Crippen LogP contribution in [0.3, 0.4) is 0 Å². The SMILES string of the molecule is Cc1nc2c(-c3ccc(C(F)(F)F)nc3)nc(N3CCO[C@H](c4cnn(C)c4)C3)cc2c(=O)n1C. The first kappa shape index (κ1) is 23.0. The lowest BCUT2D eigenvalue weighted by molar-refractivity contribution is -0.141. The van der Waals surface area contributed by atoms with E-state index in [1.807, 2.05) is 18.1 Å². The number of fused-ring (bicyclic) bond motifs is 1. The Hall–Kier alpha value is -3.80. The number of ether oxygens (including phenoxy) is 1. The Balaban J connectivity index is 1.63. The molecule has 182 valence electrons. The molecule has 4 aromatic heterocycles. The Morgan fingerprint density at radius 3 is 2.60 bits per heavy atom. The quantitative estimate of drug-likeness (QED) is 0.441. The fourth-order valence-electron chi connectivity index (χ4n) is 4.10. The normalized spacial score (nSPS) is 16.7. The van der Waals surface area contributed by atoms with Crippen LogP contribution in [0.25, 0.3) is 22.2 Å². The Morgan fingerprint density at radius 1 is 1.14 bits per heavy atom. The van der Waals surface area contributed by atoms with Gasteiger partial charge < -0.3 is 9.64 Å². The fourth-order valence-corrected chi connectivity index (χ4v) is 4.10. The highest BCUT2D eigenvalue weighted by Gasteiger charge is 2.32. The van der Waals surface area contributed by atoms with E-state index < -0.39 is 11.9 Å². The number of hydrogen-bond acceptors (Lipinski definition) is 7. The van der Waals surface area contributed by atoms with Crippen LogP contribution in [0.1, 0.15) is 23.2 Å². The van der Waals surface area contributed by atoms with E-state index in [-0.39, 0.29) is 11.7 Å². The van der Waals surface area contributed by atoms with Crippen LogP contribution in [0, 0.1) is 6.92 Å². The van der Waals surface area contributed by atoms with Crippen molar-refractivity contribution in [3.05, 3.63) is 64.2 Å². The van der Waals surface area contributed by atoms with E-state index in [1.165, 1.54) is 10.6 Å². The van der Waals surface area contributed by atoms with Gasteiger partial charge in [-0.2, -0.15) is 18.3 Å². The average Bonchev–Trinajstić information content (AvgIpc) is 3.28. The summed E-state index contributed by atoms with van der Waals surface area (Å²) in [6, 6.07) is 3.88. The average molecular weight is 485 g/mol. The topological polar surface area (TPSA) is 91.0 Å². The molecule has 0 unspecified atom stereocenters. The summed E-state index contributed by atoms with van der Waals surface area (Å²) in [7, 11) is 3.45. The van der Waals surface area contributed by atoms with E-state index in [0.29, 0.717) is 53.5 Å². The molecule has 9 nitrogen and oxygen atoms in total. The predicted octanol–water partition coefficient (Wildman–Crippen LogP) is 3.03. The van der Waals surface area contributed by atoms with E-state index in [2.05, 4.69) is 15.1 Å². The number of hydrogen-bond donors (Lipinski definition) is 0. The van der Waals surface area contributed by atoms with Gasteiger partial charge in [0.1, 0.15) is 34.7 Å². The molecule has 0 aliphatic carbocycles. The molecule has 1 aliphatic heterocycles. The number of aryl methyl sites for hydroxylation is 2. The van der Waals surface area contributed by atoms with Crippen molar-refractivity contribution < 1.29 is 17.9 Å². The summed E-state index contributed by atoms with van der Waals surface area (Å²) < 4.78 is 48.2. The Labute approximate surface area is 197 Å². The van der Waals surface area contributed by atoms with Gasteiger partial charge in [-0.05, 0) is 25.1 Å². The second-order valence-electron chi connectivity index (χ2n) is 8.43. The molecule has 0 saturated carbocycles. The smallest absolute Gasteiger partial charge is 0.370 e. The van der Waals surface area contributed by atoms with Gasteiger partial charge in [0.25, 0.3) is 5.56 Å². The number of aromatic nitrogens is 6. The summed E-state index contributed by atoms with van der Waals surface area (Å²) in [4.78, 5) is 28.0. The van der Waals surface area contributed by atoms with Crippen molar-refractivity contribution in [2.45, 2.75) is 19.2 Å². The number of halogens is 3. The Kier molecular flexibility index (Phi) is 5.55. The zero-order valence-electron chi connectivity index (χ0n) is 19.2. The molecule has 1 fully saturated rings. The maximum Gasteiger partial charge on any atom is 0.433 e. The van der Waals surface area contributed by atoms with E-state index >= 15 is 0 Å². The summed E-state index contributed by atoms with van der Waals surface area (Å²) in [6.07, 6.45) is -0.0748. The second kappa shape index (κ2) is 8.45. The van der Waals surface area contributed by atoms with E-state index in [9.17, 15) is 18.0 Å². The number of alkyl halides is 3. The van der Waals surface area contributed by atoms with Crippen LogP contribution in [0.4, 0.5) is 19.0 Å². The second-order valence-corrected chi connectivity index (χ2v) is 8.43. The van der Waals surface area contributed by atoms with Crippen molar-refractivity contribution in [2.75, 3.05) is 24.6 Å². The predicted molar refractivity (Wildman–Crippen MR) is 122 cm³/mol. The van der Waals surface area contributed by atoms with Crippen LogP contribution in [0.5, 0.6) is 0 Å². The van der Waals surface area contributed by atoms with Crippen LogP contribution >= 0.6 is 0 Å². The fraction of sp³-hybridized carbons (Fsp3) is 0.348. The molecule has 0 N–H and O–H groups in total. The van der Waals surface area contributed by atoms with Crippen molar-refractivity contribution >= 4 is 16.7 Å². The highest BCUT2D eigenvalue weighted by Crippen LogP contribution is 2.33. The summed E-state index contributed by atoms with van der Waals surface area (Å²) >= 11 is 0. The molecular formula is C23H22F3N7O2. The molecular weight excluding hydrogens is 463 g/mol. The lowest BCUT2D eigenvalue weighted by Gasteiger charge is -2.33. The molecule has 5 heterocycles. The van der Waals surface area contributed by atoms with Crippen LogP contribution < -0.4 is 10.5 Å². The summed E-state index contributed by atoms with van der Waals surface area (Å²) in [5.74, 6) is 0.966. The first-order valence-corrected chi connectivity index (χ1v) is 10.9. The van der Waals surface area contributed by atoms with Gasteiger partial charge >= 0.3 is 6.18 Å². The van der Waals surface area contributed by atoms with Gasteiger partial charge in [0, 0.05) is 50.7 Å². The van der Waals surface area contributed by atoms with E-state index in [4.69, 9.17) is 9.72 Å². The Bertz CT molecular complexity index is 1460. The minimum atomic E-state index is -4.56. The summed E-state index contributed by atoms with van der Waals surface area (Å²) in [5.41, 5.74) is 0.584. The van der Waals surface area contributed by atoms with Gasteiger partial charge in [-0.15, -0.1) is 0 Å². The third-order valence-electron chi connectivity index (χ3n) is 6.09. The maximum atomic E-state index is 13.1. The van der Waals surface area contributed by atoms with Gasteiger partial charge in [-0.25, -0.2) is 9.97 Å². The van der Waals surface area contributed by atoms with Crippen molar-refractivity contribution in [2.24, 2.45) is 14.1 Å². The van der Waals surface area contributed by atoms with Gasteiger partial charge in [-0.3, -0.25) is 19.0 Å². The summed E-state index contributed by atoms with van der Waals surface area (Å²) in [5, 5.41) is 4.52. The van der Waals surface area contributed by atoms with E-state index in [0.717, 1.165) is 17.8 Å². The molecule has 0 bridgehead atoms. The molecule has 4 aromatic rings. The van der Waals surface area contributed by atoms with Crippen molar-refractivity contribution in [1.29, 1.82) is 0 Å². The zero-order chi connectivity index (χ0) is 24.9. The maximum absolute atomic E-state index is 13.1. The van der Waals surface area contributed by atoms with Crippen LogP contribution in [-0.4, -0.2) is 49.0 Å². The zero-order valence-corrected chi connectivity index (χ0v) is 19.2. The van der Waals surface area contributed by atoms with Gasteiger partial charge in [0.05, 0.1) is 18.2 Å². The lowest BCUT2D eigenvalue weighted by atomic mass is 10.1. The van der Waals surface area contributed by atoms with Crippen LogP contribution in [0.2, 0.25) is 0 Å². The monoisotopic (exact) mass is 485 g/mol. The van der Waals surface area contributed by atoms with Crippen molar-refractivity contribution in [3.63, 3.8) is 0 Å². The highest BCUT2D eigenvalue weighted by atomic mass is 19.4. The number of morpholine rings is 1. The third-order valence-corrected chi connectivity index (χ3v) is 6.09. The Morgan fingerprint density at radius 2 is 1.94 bits per heavy atom. The molecule has 5 rings (SSSR count). The number of rotatable bonds is 3. The first-order valence-electron chi connectivity index (χ1n) is 10.9. The van der Waals surface area contributed by atoms with Crippen LogP contribution in [-0.2, 0) is 25.0 Å². The largest absolute Gasteiger partial charge is 0.433 e. The lowest BCUT2D eigenvalue weighted by Crippen LogP contribution is -2.39. The molecule has 0 radical (unpaired) electrons. The van der Waals surface area contributed by atoms with Gasteiger partial charge in [0.2, 0.25) is 0 Å². The molecule has 12 heteroatoms. The minimum Gasteiger partial charge on any atom is -0.370 e. The third kappa shape index (κ3) is 4.25. The molecule has 0 spiro atoms. The number of anilines is 1. The molecule has 0 aromatic carbocycles. The molecule has 1 aliphatic rings. The molecule has 1 atom stereocenters.